The van der Waals surface area contributed by atoms with Crippen molar-refractivity contribution < 1.29 is 9.53 Å². The highest BCUT2D eigenvalue weighted by molar-refractivity contribution is 6.30. The van der Waals surface area contributed by atoms with Gasteiger partial charge in [0.15, 0.2) is 0 Å². The lowest BCUT2D eigenvalue weighted by Crippen LogP contribution is -2.41. The first-order chi connectivity index (χ1) is 9.69. The fraction of sp³-hybridized carbons (Fsp3) is 0.562. The van der Waals surface area contributed by atoms with Gasteiger partial charge in [-0.2, -0.15) is 0 Å². The summed E-state index contributed by atoms with van der Waals surface area (Å²) in [7, 11) is 0. The van der Waals surface area contributed by atoms with Gasteiger partial charge in [-0.15, -0.1) is 0 Å². The van der Waals surface area contributed by atoms with Gasteiger partial charge in [0.2, 0.25) is 5.91 Å². The van der Waals surface area contributed by atoms with E-state index in [0.717, 1.165) is 38.1 Å². The molecule has 0 radical (unpaired) electrons. The Kier molecular flexibility index (Phi) is 5.72. The minimum absolute atomic E-state index is 0.281. The molecule has 2 rings (SSSR count). The van der Waals surface area contributed by atoms with Crippen LogP contribution in [0.25, 0.3) is 0 Å². The van der Waals surface area contributed by atoms with E-state index in [1.807, 2.05) is 36.1 Å². The number of amides is 1. The first-order valence-corrected chi connectivity index (χ1v) is 7.73. The summed E-state index contributed by atoms with van der Waals surface area (Å²) in [5.74, 6) is 1.55. The Labute approximate surface area is 125 Å². The van der Waals surface area contributed by atoms with Crippen LogP contribution in [-0.4, -0.2) is 30.5 Å². The van der Waals surface area contributed by atoms with Crippen LogP contribution < -0.4 is 4.74 Å². The van der Waals surface area contributed by atoms with Crippen molar-refractivity contribution in [2.45, 2.75) is 32.6 Å². The molecule has 0 N–H and O–H groups in total. The van der Waals surface area contributed by atoms with Gasteiger partial charge in [0, 0.05) is 30.5 Å². The number of carbonyl (C=O) groups is 1. The molecule has 0 bridgehead atoms. The van der Waals surface area contributed by atoms with Crippen molar-refractivity contribution in [1.29, 1.82) is 0 Å². The molecule has 4 heteroatoms. The zero-order valence-electron chi connectivity index (χ0n) is 12.0. The third-order valence-electron chi connectivity index (χ3n) is 3.63. The molecule has 0 saturated carbocycles. The van der Waals surface area contributed by atoms with Crippen molar-refractivity contribution in [3.05, 3.63) is 29.3 Å². The summed E-state index contributed by atoms with van der Waals surface area (Å²) in [6.07, 6.45) is 3.78. The van der Waals surface area contributed by atoms with E-state index >= 15 is 0 Å². The summed E-state index contributed by atoms with van der Waals surface area (Å²) in [6.45, 7) is 4.43. The lowest BCUT2D eigenvalue weighted by molar-refractivity contribution is -0.133. The quantitative estimate of drug-likeness (QED) is 0.828. The molecule has 1 aromatic rings. The molecule has 0 aliphatic carbocycles. The van der Waals surface area contributed by atoms with Gasteiger partial charge in [-0.3, -0.25) is 4.79 Å². The van der Waals surface area contributed by atoms with Crippen molar-refractivity contribution in [2.24, 2.45) is 5.92 Å². The second-order valence-corrected chi connectivity index (χ2v) is 5.80. The normalized spacial score (nSPS) is 18.9. The van der Waals surface area contributed by atoms with Gasteiger partial charge in [0.05, 0.1) is 6.61 Å². The van der Waals surface area contributed by atoms with Crippen molar-refractivity contribution >= 4 is 17.5 Å². The Hall–Kier alpha value is -1.22. The maximum Gasteiger partial charge on any atom is 0.222 e. The lowest BCUT2D eigenvalue weighted by atomic mass is 9.98. The van der Waals surface area contributed by atoms with Gasteiger partial charge in [-0.1, -0.05) is 18.5 Å². The van der Waals surface area contributed by atoms with Crippen molar-refractivity contribution in [2.75, 3.05) is 19.7 Å². The van der Waals surface area contributed by atoms with E-state index in [4.69, 9.17) is 16.3 Å². The maximum atomic E-state index is 11.9. The predicted octanol–water partition coefficient (Wildman–Crippen LogP) is 3.76. The Morgan fingerprint density at radius 2 is 2.15 bits per heavy atom. The third kappa shape index (κ3) is 4.41. The molecular formula is C16H22ClNO2. The van der Waals surface area contributed by atoms with Crippen molar-refractivity contribution in [1.82, 2.24) is 4.90 Å². The summed E-state index contributed by atoms with van der Waals surface area (Å²) < 4.78 is 5.79. The van der Waals surface area contributed by atoms with Gasteiger partial charge in [-0.05, 0) is 43.5 Å². The highest BCUT2D eigenvalue weighted by atomic mass is 35.5. The van der Waals surface area contributed by atoms with Crippen LogP contribution in [0.2, 0.25) is 5.02 Å². The van der Waals surface area contributed by atoms with Crippen LogP contribution in [0.1, 0.15) is 32.6 Å². The number of likely N-dealkylation sites (tertiary alicyclic amines) is 1. The minimum Gasteiger partial charge on any atom is -0.493 e. The van der Waals surface area contributed by atoms with Crippen LogP contribution >= 0.6 is 11.6 Å². The number of nitrogens with zero attached hydrogens (tertiary/aromatic N) is 1. The average Bonchev–Trinajstić information content (AvgIpc) is 2.47. The van der Waals surface area contributed by atoms with Gasteiger partial charge in [0.1, 0.15) is 5.75 Å². The molecule has 1 fully saturated rings. The van der Waals surface area contributed by atoms with Gasteiger partial charge < -0.3 is 9.64 Å². The molecule has 1 aliphatic heterocycles. The number of halogens is 1. The van der Waals surface area contributed by atoms with Crippen LogP contribution in [0.5, 0.6) is 5.75 Å². The molecule has 3 nitrogen and oxygen atoms in total. The van der Waals surface area contributed by atoms with Gasteiger partial charge in [0.25, 0.3) is 0 Å². The van der Waals surface area contributed by atoms with Crippen molar-refractivity contribution in [3.63, 3.8) is 0 Å². The summed E-state index contributed by atoms with van der Waals surface area (Å²) in [4.78, 5) is 13.9. The zero-order valence-corrected chi connectivity index (χ0v) is 12.7. The molecule has 1 atom stereocenters. The first kappa shape index (κ1) is 15.2. The number of ether oxygens (including phenoxy) is 1. The van der Waals surface area contributed by atoms with E-state index in [2.05, 4.69) is 0 Å². The number of benzene rings is 1. The monoisotopic (exact) mass is 295 g/mol. The fourth-order valence-corrected chi connectivity index (χ4v) is 2.67. The van der Waals surface area contributed by atoms with E-state index in [1.165, 1.54) is 0 Å². The van der Waals surface area contributed by atoms with E-state index < -0.39 is 0 Å². The molecule has 20 heavy (non-hydrogen) atoms. The molecule has 0 spiro atoms. The molecule has 1 aromatic carbocycles. The molecule has 110 valence electrons. The van der Waals surface area contributed by atoms with Crippen LogP contribution in [0.3, 0.4) is 0 Å². The zero-order chi connectivity index (χ0) is 14.4. The first-order valence-electron chi connectivity index (χ1n) is 7.35. The standard InChI is InChI=1S/C16H22ClNO2/c1-2-4-16(19)18-10-3-5-13(11-18)12-20-15-8-6-14(17)7-9-15/h6-9,13H,2-5,10-12H2,1H3. The number of carbonyl (C=O) groups excluding carboxylic acids is 1. The van der Waals surface area contributed by atoms with Crippen LogP contribution in [0.4, 0.5) is 0 Å². The number of rotatable bonds is 5. The van der Waals surface area contributed by atoms with E-state index in [9.17, 15) is 4.79 Å². The molecule has 1 amide bonds. The highest BCUT2D eigenvalue weighted by Gasteiger charge is 2.23. The Bertz CT molecular complexity index is 433. The SMILES string of the molecule is CCCC(=O)N1CCCC(COc2ccc(Cl)cc2)C1. The summed E-state index contributed by atoms with van der Waals surface area (Å²) >= 11 is 5.84. The highest BCUT2D eigenvalue weighted by Crippen LogP contribution is 2.20. The number of hydrogen-bond acceptors (Lipinski definition) is 2. The van der Waals surface area contributed by atoms with Crippen molar-refractivity contribution in [3.8, 4) is 5.75 Å². The van der Waals surface area contributed by atoms with Crippen LogP contribution in [-0.2, 0) is 4.79 Å². The van der Waals surface area contributed by atoms with Crippen LogP contribution in [0, 0.1) is 5.92 Å². The summed E-state index contributed by atoms with van der Waals surface area (Å²) in [6, 6.07) is 7.42. The molecule has 1 saturated heterocycles. The van der Waals surface area contributed by atoms with E-state index in [1.54, 1.807) is 0 Å². The minimum atomic E-state index is 0.281. The third-order valence-corrected chi connectivity index (χ3v) is 3.89. The Morgan fingerprint density at radius 3 is 2.85 bits per heavy atom. The average molecular weight is 296 g/mol. The smallest absolute Gasteiger partial charge is 0.222 e. The summed E-state index contributed by atoms with van der Waals surface area (Å²) in [5, 5.41) is 0.714. The van der Waals surface area contributed by atoms with Gasteiger partial charge >= 0.3 is 0 Å². The predicted molar refractivity (Wildman–Crippen MR) is 81.2 cm³/mol. The lowest BCUT2D eigenvalue weighted by Gasteiger charge is -2.32. The Morgan fingerprint density at radius 1 is 1.40 bits per heavy atom. The molecule has 1 unspecified atom stereocenters. The molecule has 0 aromatic heterocycles. The maximum absolute atomic E-state index is 11.9. The topological polar surface area (TPSA) is 29.5 Å². The number of piperidine rings is 1. The summed E-state index contributed by atoms with van der Waals surface area (Å²) in [5.41, 5.74) is 0. The van der Waals surface area contributed by atoms with Crippen LogP contribution in [0.15, 0.2) is 24.3 Å². The Balaban J connectivity index is 1.80. The number of hydrogen-bond donors (Lipinski definition) is 0. The second-order valence-electron chi connectivity index (χ2n) is 5.36. The van der Waals surface area contributed by atoms with E-state index in [0.29, 0.717) is 24.0 Å². The molecular weight excluding hydrogens is 274 g/mol. The molecule has 1 heterocycles. The largest absolute Gasteiger partial charge is 0.493 e. The fourth-order valence-electron chi connectivity index (χ4n) is 2.54. The van der Waals surface area contributed by atoms with Gasteiger partial charge in [-0.25, -0.2) is 0 Å². The molecule has 1 aliphatic rings. The van der Waals surface area contributed by atoms with E-state index in [-0.39, 0.29) is 5.91 Å². The second kappa shape index (κ2) is 7.53.